The molecule has 0 aliphatic heterocycles. The van der Waals surface area contributed by atoms with Crippen LogP contribution in [0.3, 0.4) is 0 Å². The Balaban J connectivity index is 2.02. The summed E-state index contributed by atoms with van der Waals surface area (Å²) in [5, 5.41) is 3.38. The Kier molecular flexibility index (Phi) is 4.79. The highest BCUT2D eigenvalue weighted by Crippen LogP contribution is 2.17. The van der Waals surface area contributed by atoms with Crippen LogP contribution in [-0.2, 0) is 13.1 Å². The molecule has 0 spiro atoms. The van der Waals surface area contributed by atoms with Gasteiger partial charge in [0.25, 0.3) is 0 Å². The van der Waals surface area contributed by atoms with Crippen molar-refractivity contribution in [1.29, 1.82) is 0 Å². The van der Waals surface area contributed by atoms with E-state index in [9.17, 15) is 0 Å². The third-order valence-electron chi connectivity index (χ3n) is 3.12. The zero-order valence-corrected chi connectivity index (χ0v) is 12.7. The highest BCUT2D eigenvalue weighted by Gasteiger charge is 2.06. The largest absolute Gasteiger partial charge is 0.464 e. The number of nitrogens with one attached hydrogen (secondary N) is 1. The van der Waals surface area contributed by atoms with E-state index in [0.29, 0.717) is 6.04 Å². The summed E-state index contributed by atoms with van der Waals surface area (Å²) in [6.07, 6.45) is 1.86. The summed E-state index contributed by atoms with van der Waals surface area (Å²) in [5.41, 5.74) is 2.20. The molecule has 20 heavy (non-hydrogen) atoms. The lowest BCUT2D eigenvalue weighted by atomic mass is 10.2. The fourth-order valence-electron chi connectivity index (χ4n) is 2.00. The molecule has 2 rings (SSSR count). The van der Waals surface area contributed by atoms with E-state index in [1.807, 2.05) is 31.3 Å². The Morgan fingerprint density at radius 2 is 2.10 bits per heavy atom. The Morgan fingerprint density at radius 1 is 1.30 bits per heavy atom. The van der Waals surface area contributed by atoms with Crippen LogP contribution in [0.25, 0.3) is 0 Å². The van der Waals surface area contributed by atoms with E-state index in [4.69, 9.17) is 4.42 Å². The first-order chi connectivity index (χ1) is 9.54. The maximum absolute atomic E-state index is 5.62. The Morgan fingerprint density at radius 3 is 2.75 bits per heavy atom. The number of aryl methyl sites for hydroxylation is 1. The minimum Gasteiger partial charge on any atom is -0.464 e. The molecular formula is C16H23N3O. The maximum Gasteiger partial charge on any atom is 0.123 e. The van der Waals surface area contributed by atoms with Gasteiger partial charge >= 0.3 is 0 Å². The van der Waals surface area contributed by atoms with Crippen molar-refractivity contribution in [2.75, 3.05) is 11.9 Å². The van der Waals surface area contributed by atoms with Crippen LogP contribution in [-0.4, -0.2) is 18.1 Å². The second kappa shape index (κ2) is 6.57. The van der Waals surface area contributed by atoms with Gasteiger partial charge in [-0.3, -0.25) is 4.98 Å². The van der Waals surface area contributed by atoms with Crippen LogP contribution in [0.1, 0.15) is 31.1 Å². The number of aromatic nitrogens is 1. The quantitative estimate of drug-likeness (QED) is 0.878. The van der Waals surface area contributed by atoms with Crippen molar-refractivity contribution in [2.24, 2.45) is 0 Å². The minimum absolute atomic E-state index is 0.462. The fraction of sp³-hybridized carbons (Fsp3) is 0.438. The molecule has 0 unspecified atom stereocenters. The van der Waals surface area contributed by atoms with Crippen LogP contribution in [0, 0.1) is 6.92 Å². The minimum atomic E-state index is 0.462. The van der Waals surface area contributed by atoms with Gasteiger partial charge in [-0.15, -0.1) is 0 Å². The molecular weight excluding hydrogens is 250 g/mol. The zero-order chi connectivity index (χ0) is 14.5. The fourth-order valence-corrected chi connectivity index (χ4v) is 2.00. The monoisotopic (exact) mass is 273 g/mol. The highest BCUT2D eigenvalue weighted by molar-refractivity contribution is 5.45. The summed E-state index contributed by atoms with van der Waals surface area (Å²) in [6.45, 7) is 7.78. The van der Waals surface area contributed by atoms with Crippen molar-refractivity contribution in [3.05, 3.63) is 47.7 Å². The van der Waals surface area contributed by atoms with Crippen molar-refractivity contribution in [1.82, 2.24) is 10.3 Å². The van der Waals surface area contributed by atoms with Gasteiger partial charge in [-0.1, -0.05) is 13.8 Å². The van der Waals surface area contributed by atoms with E-state index >= 15 is 0 Å². The lowest BCUT2D eigenvalue weighted by molar-refractivity contribution is 0.481. The molecule has 0 saturated heterocycles. The molecule has 0 fully saturated rings. The molecule has 4 nitrogen and oxygen atoms in total. The lowest BCUT2D eigenvalue weighted by Gasteiger charge is -2.18. The molecule has 4 heteroatoms. The third kappa shape index (κ3) is 4.10. The summed E-state index contributed by atoms with van der Waals surface area (Å²) in [7, 11) is 2.06. The Labute approximate surface area is 120 Å². The first-order valence-electron chi connectivity index (χ1n) is 6.99. The average molecular weight is 273 g/mol. The van der Waals surface area contributed by atoms with E-state index in [-0.39, 0.29) is 0 Å². The smallest absolute Gasteiger partial charge is 0.123 e. The standard InChI is InChI=1S/C16H23N3O/c1-12(2)18-10-14-9-15(7-8-17-14)19(4)11-16-6-5-13(3)20-16/h5-9,12,18H,10-11H2,1-4H3. The van der Waals surface area contributed by atoms with Gasteiger partial charge < -0.3 is 14.6 Å². The van der Waals surface area contributed by atoms with Gasteiger partial charge in [-0.25, -0.2) is 0 Å². The summed E-state index contributed by atoms with van der Waals surface area (Å²) >= 11 is 0. The third-order valence-corrected chi connectivity index (χ3v) is 3.12. The van der Waals surface area contributed by atoms with E-state index in [1.165, 1.54) is 0 Å². The van der Waals surface area contributed by atoms with Gasteiger partial charge in [0, 0.05) is 31.5 Å². The molecule has 2 heterocycles. The van der Waals surface area contributed by atoms with Crippen molar-refractivity contribution in [2.45, 2.75) is 39.9 Å². The summed E-state index contributed by atoms with van der Waals surface area (Å²) in [5.74, 6) is 1.92. The van der Waals surface area contributed by atoms with Crippen LogP contribution < -0.4 is 10.2 Å². The molecule has 0 aromatic carbocycles. The molecule has 1 N–H and O–H groups in total. The normalized spacial score (nSPS) is 11.1. The first-order valence-corrected chi connectivity index (χ1v) is 6.99. The number of hydrogen-bond acceptors (Lipinski definition) is 4. The molecule has 108 valence electrons. The van der Waals surface area contributed by atoms with Crippen molar-refractivity contribution < 1.29 is 4.42 Å². The second-order valence-corrected chi connectivity index (χ2v) is 5.41. The number of furan rings is 1. The molecule has 2 aromatic rings. The molecule has 0 atom stereocenters. The van der Waals surface area contributed by atoms with Crippen molar-refractivity contribution >= 4 is 5.69 Å². The van der Waals surface area contributed by atoms with Gasteiger partial charge in [0.15, 0.2) is 0 Å². The van der Waals surface area contributed by atoms with E-state index in [0.717, 1.165) is 36.0 Å². The van der Waals surface area contributed by atoms with Crippen molar-refractivity contribution in [3.8, 4) is 0 Å². The predicted octanol–water partition coefficient (Wildman–Crippen LogP) is 3.12. The van der Waals surface area contributed by atoms with Gasteiger partial charge in [0.05, 0.1) is 12.2 Å². The number of rotatable bonds is 6. The summed E-state index contributed by atoms with van der Waals surface area (Å²) in [4.78, 5) is 6.56. The molecule has 0 amide bonds. The van der Waals surface area contributed by atoms with Gasteiger partial charge in [0.2, 0.25) is 0 Å². The number of nitrogens with zero attached hydrogens (tertiary/aromatic N) is 2. The van der Waals surface area contributed by atoms with Crippen LogP contribution in [0.5, 0.6) is 0 Å². The zero-order valence-electron chi connectivity index (χ0n) is 12.7. The van der Waals surface area contributed by atoms with Crippen LogP contribution in [0.4, 0.5) is 5.69 Å². The van der Waals surface area contributed by atoms with Gasteiger partial charge in [-0.2, -0.15) is 0 Å². The lowest BCUT2D eigenvalue weighted by Crippen LogP contribution is -2.23. The average Bonchev–Trinajstić information content (AvgIpc) is 2.82. The first kappa shape index (κ1) is 14.6. The highest BCUT2D eigenvalue weighted by atomic mass is 16.3. The summed E-state index contributed by atoms with van der Waals surface area (Å²) < 4.78 is 5.62. The molecule has 0 aliphatic rings. The van der Waals surface area contributed by atoms with Gasteiger partial charge in [0.1, 0.15) is 11.5 Å². The van der Waals surface area contributed by atoms with Crippen molar-refractivity contribution in [3.63, 3.8) is 0 Å². The summed E-state index contributed by atoms with van der Waals surface area (Å²) in [6, 6.07) is 8.62. The van der Waals surface area contributed by atoms with Crippen LogP contribution in [0.15, 0.2) is 34.9 Å². The van der Waals surface area contributed by atoms with Crippen LogP contribution >= 0.6 is 0 Å². The number of pyridine rings is 1. The van der Waals surface area contributed by atoms with E-state index < -0.39 is 0 Å². The van der Waals surface area contributed by atoms with Crippen LogP contribution in [0.2, 0.25) is 0 Å². The second-order valence-electron chi connectivity index (χ2n) is 5.41. The van der Waals surface area contributed by atoms with Gasteiger partial charge in [-0.05, 0) is 31.2 Å². The molecule has 0 aliphatic carbocycles. The molecule has 0 saturated carbocycles. The number of hydrogen-bond donors (Lipinski definition) is 1. The number of anilines is 1. The SMILES string of the molecule is Cc1ccc(CN(C)c2ccnc(CNC(C)C)c2)o1. The predicted molar refractivity (Wildman–Crippen MR) is 81.8 cm³/mol. The Bertz CT molecular complexity index is 548. The molecule has 0 radical (unpaired) electrons. The van der Waals surface area contributed by atoms with E-state index in [1.54, 1.807) is 0 Å². The van der Waals surface area contributed by atoms with E-state index in [2.05, 4.69) is 42.2 Å². The molecule has 0 bridgehead atoms. The maximum atomic E-state index is 5.62. The molecule has 2 aromatic heterocycles. The Hall–Kier alpha value is -1.81. The topological polar surface area (TPSA) is 41.3 Å².